The van der Waals surface area contributed by atoms with Crippen molar-refractivity contribution in [2.75, 3.05) is 161 Å². The highest BCUT2D eigenvalue weighted by molar-refractivity contribution is 6.01. The number of hydrogen-bond donors (Lipinski definition) is 6. The number of methoxy groups -OCH3 is 3. The van der Waals surface area contributed by atoms with Gasteiger partial charge >= 0.3 is 17.9 Å². The molecule has 0 aliphatic carbocycles. The Hall–Kier alpha value is -13.1. The van der Waals surface area contributed by atoms with Crippen LogP contribution in [0.15, 0.2) is 165 Å². The van der Waals surface area contributed by atoms with Gasteiger partial charge in [-0.15, -0.1) is 0 Å². The molecule has 0 atom stereocenters. The molecule has 0 bridgehead atoms. The second-order valence-corrected chi connectivity index (χ2v) is 27.4. The van der Waals surface area contributed by atoms with E-state index in [-0.39, 0.29) is 130 Å². The third kappa shape index (κ3) is 27.8. The molecule has 0 aliphatic heterocycles. The van der Waals surface area contributed by atoms with Crippen molar-refractivity contribution in [3.05, 3.63) is 231 Å². The summed E-state index contributed by atoms with van der Waals surface area (Å²) in [6, 6.07) is 35.2. The molecule has 9 aromatic rings. The topological polar surface area (TPSA) is 399 Å². The van der Waals surface area contributed by atoms with Crippen molar-refractivity contribution < 1.29 is 85.8 Å². The summed E-state index contributed by atoms with van der Waals surface area (Å²) in [7, 11) is 10.5. The molecular formula is C87H102N16O18. The number of esters is 3. The number of pyridine rings is 6. The van der Waals surface area contributed by atoms with Crippen molar-refractivity contribution in [1.29, 1.82) is 0 Å². The molecule has 6 heterocycles. The highest BCUT2D eigenvalue weighted by Gasteiger charge is 2.24. The average molecular weight is 1660 g/mol. The fraction of sp³-hybridized carbons (Fsp3) is 0.345. The number of hydrogen-bond acceptors (Lipinski definition) is 28. The van der Waals surface area contributed by atoms with E-state index < -0.39 is 53.4 Å². The summed E-state index contributed by atoms with van der Waals surface area (Å²) in [4.78, 5) is 153. The van der Waals surface area contributed by atoms with E-state index in [1.807, 2.05) is 57.5 Å². The van der Waals surface area contributed by atoms with Crippen molar-refractivity contribution >= 4 is 53.4 Å². The van der Waals surface area contributed by atoms with Gasteiger partial charge in [-0.3, -0.25) is 63.6 Å². The zero-order valence-corrected chi connectivity index (χ0v) is 69.3. The Bertz CT molecular complexity index is 4480. The summed E-state index contributed by atoms with van der Waals surface area (Å²) >= 11 is 0. The fourth-order valence-corrected chi connectivity index (χ4v) is 12.3. The van der Waals surface area contributed by atoms with Crippen LogP contribution in [0.2, 0.25) is 0 Å². The first-order valence-corrected chi connectivity index (χ1v) is 39.2. The Morgan fingerprint density at radius 2 is 0.595 bits per heavy atom. The van der Waals surface area contributed by atoms with E-state index in [2.05, 4.69) is 81.4 Å². The van der Waals surface area contributed by atoms with Crippen molar-refractivity contribution in [2.24, 2.45) is 0 Å². The van der Waals surface area contributed by atoms with Gasteiger partial charge in [-0.1, -0.05) is 18.2 Å². The maximum Gasteiger partial charge on any atom is 0.340 e. The number of ether oxygens (including phenoxy) is 9. The molecule has 0 radical (unpaired) electrons. The molecule has 121 heavy (non-hydrogen) atoms. The van der Waals surface area contributed by atoms with Gasteiger partial charge in [0.25, 0.3) is 35.4 Å². The van der Waals surface area contributed by atoms with Gasteiger partial charge in [-0.05, 0) is 168 Å². The Balaban J connectivity index is 0.808. The zero-order valence-electron chi connectivity index (χ0n) is 69.3. The van der Waals surface area contributed by atoms with Crippen LogP contribution in [-0.2, 0) is 48.1 Å². The van der Waals surface area contributed by atoms with E-state index in [0.29, 0.717) is 110 Å². The minimum absolute atomic E-state index is 0.0907. The molecule has 638 valence electrons. The number of rotatable bonds is 48. The number of amides is 6. The smallest absolute Gasteiger partial charge is 0.340 e. The van der Waals surface area contributed by atoms with Crippen molar-refractivity contribution in [3.63, 3.8) is 0 Å². The van der Waals surface area contributed by atoms with Gasteiger partial charge in [-0.25, -0.2) is 14.4 Å². The molecule has 0 fully saturated rings. The monoisotopic (exact) mass is 1660 g/mol. The van der Waals surface area contributed by atoms with Crippen LogP contribution in [0.1, 0.15) is 131 Å². The van der Waals surface area contributed by atoms with E-state index in [9.17, 15) is 43.2 Å². The van der Waals surface area contributed by atoms with E-state index in [0.717, 1.165) is 16.7 Å². The second-order valence-electron chi connectivity index (χ2n) is 27.4. The average Bonchev–Trinajstić information content (AvgIpc) is 0.905. The third-order valence-electron chi connectivity index (χ3n) is 18.4. The number of aromatic nitrogens is 6. The molecule has 0 unspecified atom stereocenters. The number of nitrogens with zero attached hydrogens (tertiary/aromatic N) is 10. The minimum atomic E-state index is -0.536. The maximum atomic E-state index is 13.7. The quantitative estimate of drug-likeness (QED) is 0.00965. The lowest BCUT2D eigenvalue weighted by Gasteiger charge is -2.29. The molecule has 0 saturated heterocycles. The Kier molecular flexibility index (Phi) is 36.5. The molecule has 9 rings (SSSR count). The van der Waals surface area contributed by atoms with Gasteiger partial charge in [0.1, 0.15) is 34.3 Å². The summed E-state index contributed by atoms with van der Waals surface area (Å²) in [6.45, 7) is 11.2. The van der Waals surface area contributed by atoms with Crippen LogP contribution in [0.4, 0.5) is 0 Å². The van der Waals surface area contributed by atoms with E-state index >= 15 is 0 Å². The number of likely N-dealkylation sites (N-methyl/N-ethyl adjacent to an activating group) is 3. The number of benzene rings is 3. The molecular weight excluding hydrogens is 1560 g/mol. The lowest BCUT2D eigenvalue weighted by atomic mass is 10.1. The molecule has 34 nitrogen and oxygen atoms in total. The van der Waals surface area contributed by atoms with Crippen LogP contribution < -0.4 is 46.1 Å². The Morgan fingerprint density at radius 1 is 0.322 bits per heavy atom. The summed E-state index contributed by atoms with van der Waals surface area (Å²) in [6.07, 6.45) is 8.76. The SMILES string of the molecule is CCOC(=O)c1cccnc1-c1ccc(C(=O)NCCNC(=O)c2ccc(CN(C)CCN(CCN(C)Cc3ccc(C(=O)NCCNC(=O)c4ccc(-c5ncccc5C(=O)OCC)nc4)c(OCOC)c3)CCN(C)Cc3ccc(C(=O)NCCNC(=O)c4ccc(-c5ncccc5C(=O)OCC)nc4)c(OCOC)c3)cc2OCOC)cn1. The van der Waals surface area contributed by atoms with E-state index in [4.69, 9.17) is 42.6 Å². The van der Waals surface area contributed by atoms with Crippen LogP contribution in [0.25, 0.3) is 34.2 Å². The van der Waals surface area contributed by atoms with Gasteiger partial charge in [0.15, 0.2) is 20.4 Å². The third-order valence-corrected chi connectivity index (χ3v) is 18.4. The van der Waals surface area contributed by atoms with Crippen LogP contribution in [0.5, 0.6) is 17.2 Å². The molecule has 34 heteroatoms. The Labute approximate surface area is 701 Å². The number of carbonyl (C=O) groups is 9. The summed E-state index contributed by atoms with van der Waals surface area (Å²) in [5.41, 5.74) is 7.05. The maximum absolute atomic E-state index is 13.7. The van der Waals surface area contributed by atoms with Crippen LogP contribution in [0.3, 0.4) is 0 Å². The van der Waals surface area contributed by atoms with Crippen molar-refractivity contribution in [3.8, 4) is 51.4 Å². The highest BCUT2D eigenvalue weighted by Crippen LogP contribution is 2.28. The minimum Gasteiger partial charge on any atom is -0.467 e. The number of nitrogens with one attached hydrogen (secondary N) is 6. The molecule has 3 aromatic carbocycles. The Morgan fingerprint density at radius 3 is 0.843 bits per heavy atom. The van der Waals surface area contributed by atoms with Crippen LogP contribution in [-0.4, -0.2) is 264 Å². The van der Waals surface area contributed by atoms with E-state index in [1.54, 1.807) is 112 Å². The van der Waals surface area contributed by atoms with Crippen molar-refractivity contribution in [1.82, 2.24) is 81.4 Å². The first kappa shape index (κ1) is 91.8. The lowest BCUT2D eigenvalue weighted by Crippen LogP contribution is -2.41. The molecule has 6 amide bonds. The lowest BCUT2D eigenvalue weighted by molar-refractivity contribution is 0.0497. The van der Waals surface area contributed by atoms with Gasteiger partial charge in [0, 0.05) is 157 Å². The summed E-state index contributed by atoms with van der Waals surface area (Å²) in [5.74, 6) is -3.24. The molecule has 0 spiro atoms. The second kappa shape index (κ2) is 48.1. The molecule has 6 N–H and O–H groups in total. The number of carbonyl (C=O) groups excluding carboxylic acids is 9. The van der Waals surface area contributed by atoms with Crippen LogP contribution in [0, 0.1) is 0 Å². The van der Waals surface area contributed by atoms with Gasteiger partial charge in [0.2, 0.25) is 0 Å². The van der Waals surface area contributed by atoms with Gasteiger partial charge < -0.3 is 89.2 Å². The fourth-order valence-electron chi connectivity index (χ4n) is 12.3. The van der Waals surface area contributed by atoms with Gasteiger partial charge in [0.05, 0.1) is 87.0 Å². The van der Waals surface area contributed by atoms with Crippen molar-refractivity contribution in [2.45, 2.75) is 40.4 Å². The summed E-state index contributed by atoms with van der Waals surface area (Å²) in [5, 5.41) is 17.0. The highest BCUT2D eigenvalue weighted by atomic mass is 16.7. The zero-order chi connectivity index (χ0) is 86.4. The normalized spacial score (nSPS) is 11.1. The standard InChI is InChI=1S/C87H102N16O18/c1-10-116-85(110)67-16-13-31-88-76(67)70-28-22-61(49-97-70)79(104)91-34-37-94-82(107)64-25-19-58(46-73(64)119-55-113-7)52-100(4)40-43-103(44-41-101(5)53-59-20-26-65(74(47-59)120-56-114-8)83(108)95-38-35-92-80(105)62-23-29-71(98-50-62)77-68(17-14-32-89-77)86(111)117-11-2)45-42-102(6)54-60-21-27-66(75(48-60)121-57-115-9)84(109)96-39-36-93-81(106)63-24-30-72(99-51-63)78-69(18-15-33-90-78)87(112)118-12-3/h13-33,46-51H,10-12,34-45,52-57H2,1-9H3,(H,91,104)(H,92,105)(H,93,106)(H,94,107)(H,95,108)(H,96,109). The predicted molar refractivity (Wildman–Crippen MR) is 447 cm³/mol. The molecule has 0 saturated carbocycles. The molecule has 0 aliphatic rings. The first-order valence-electron chi connectivity index (χ1n) is 39.2. The largest absolute Gasteiger partial charge is 0.467 e. The molecule has 6 aromatic heterocycles. The predicted octanol–water partition coefficient (Wildman–Crippen LogP) is 7.01. The summed E-state index contributed by atoms with van der Waals surface area (Å²) < 4.78 is 49.2. The van der Waals surface area contributed by atoms with Crippen LogP contribution >= 0.6 is 0 Å². The first-order chi connectivity index (χ1) is 58.7. The van der Waals surface area contributed by atoms with Gasteiger partial charge in [-0.2, -0.15) is 0 Å². The van der Waals surface area contributed by atoms with E-state index in [1.165, 1.54) is 58.5 Å².